The summed E-state index contributed by atoms with van der Waals surface area (Å²) in [5, 5.41) is 0. The first-order valence-corrected chi connectivity index (χ1v) is 8.91. The summed E-state index contributed by atoms with van der Waals surface area (Å²) in [6.07, 6.45) is 1.49. The van der Waals surface area contributed by atoms with E-state index in [-0.39, 0.29) is 24.2 Å². The molecule has 144 valence electrons. The SMILES string of the molecule is CN(C(=O)C(C)(N)c1ccccc1)C1CCCN(c2ccccc2)C1=O.Cl. The number of benzene rings is 2. The summed E-state index contributed by atoms with van der Waals surface area (Å²) in [5.74, 6) is -0.306. The average Bonchev–Trinajstić information content (AvgIpc) is 2.68. The fourth-order valence-electron chi connectivity index (χ4n) is 3.50. The maximum atomic E-state index is 13.1. The first-order chi connectivity index (χ1) is 12.4. The number of hydrogen-bond acceptors (Lipinski definition) is 3. The number of hydrogen-bond donors (Lipinski definition) is 1. The van der Waals surface area contributed by atoms with Gasteiger partial charge in [0.2, 0.25) is 11.8 Å². The third-order valence-corrected chi connectivity index (χ3v) is 5.08. The van der Waals surface area contributed by atoms with E-state index in [1.54, 1.807) is 18.9 Å². The number of nitrogens with two attached hydrogens (primary N) is 1. The first kappa shape index (κ1) is 20.9. The number of amides is 2. The van der Waals surface area contributed by atoms with E-state index >= 15 is 0 Å². The molecule has 2 N–H and O–H groups in total. The number of nitrogens with zero attached hydrogens (tertiary/aromatic N) is 2. The van der Waals surface area contributed by atoms with Crippen LogP contribution in [0.1, 0.15) is 25.3 Å². The van der Waals surface area contributed by atoms with Crippen LogP contribution in [0.3, 0.4) is 0 Å². The second-order valence-electron chi connectivity index (χ2n) is 6.97. The van der Waals surface area contributed by atoms with Crippen LogP contribution in [0.5, 0.6) is 0 Å². The van der Waals surface area contributed by atoms with Crippen LogP contribution in [-0.4, -0.2) is 36.3 Å². The molecule has 2 atom stereocenters. The van der Waals surface area contributed by atoms with Gasteiger partial charge < -0.3 is 15.5 Å². The zero-order valence-corrected chi connectivity index (χ0v) is 16.5. The third kappa shape index (κ3) is 4.15. The Bertz CT molecular complexity index is 781. The van der Waals surface area contributed by atoms with Crippen LogP contribution in [0.25, 0.3) is 0 Å². The number of carbonyl (C=O) groups is 2. The Morgan fingerprint density at radius 1 is 1.11 bits per heavy atom. The molecule has 0 radical (unpaired) electrons. The standard InChI is InChI=1S/C21H25N3O2.ClH/c1-21(22,16-10-5-3-6-11-16)20(26)23(2)18-14-9-15-24(19(18)25)17-12-7-4-8-13-17;/h3-8,10-13,18H,9,14-15,22H2,1-2H3;1H. The van der Waals surface area contributed by atoms with Gasteiger partial charge in [0, 0.05) is 19.3 Å². The Morgan fingerprint density at radius 3 is 2.26 bits per heavy atom. The molecule has 1 fully saturated rings. The van der Waals surface area contributed by atoms with Crippen molar-refractivity contribution in [2.45, 2.75) is 31.3 Å². The second kappa shape index (κ2) is 8.55. The van der Waals surface area contributed by atoms with Crippen molar-refractivity contribution in [3.8, 4) is 0 Å². The van der Waals surface area contributed by atoms with Crippen molar-refractivity contribution in [2.75, 3.05) is 18.5 Å². The first-order valence-electron chi connectivity index (χ1n) is 8.91. The van der Waals surface area contributed by atoms with Crippen LogP contribution in [0, 0.1) is 0 Å². The predicted octanol–water partition coefficient (Wildman–Crippen LogP) is 2.94. The lowest BCUT2D eigenvalue weighted by atomic mass is 9.90. The van der Waals surface area contributed by atoms with Gasteiger partial charge in [-0.3, -0.25) is 9.59 Å². The van der Waals surface area contributed by atoms with E-state index in [9.17, 15) is 9.59 Å². The van der Waals surface area contributed by atoms with Crippen molar-refractivity contribution < 1.29 is 9.59 Å². The van der Waals surface area contributed by atoms with Crippen molar-refractivity contribution in [1.82, 2.24) is 4.90 Å². The van der Waals surface area contributed by atoms with E-state index in [0.717, 1.165) is 17.7 Å². The van der Waals surface area contributed by atoms with Crippen LogP contribution < -0.4 is 10.6 Å². The van der Waals surface area contributed by atoms with Gasteiger partial charge in [-0.1, -0.05) is 48.5 Å². The number of halogens is 1. The van der Waals surface area contributed by atoms with Gasteiger partial charge in [-0.05, 0) is 37.5 Å². The molecule has 2 amide bonds. The molecule has 1 aliphatic heterocycles. The van der Waals surface area contributed by atoms with Crippen LogP contribution in [0.4, 0.5) is 5.69 Å². The van der Waals surface area contributed by atoms with Gasteiger partial charge in [-0.2, -0.15) is 0 Å². The second-order valence-corrected chi connectivity index (χ2v) is 6.97. The van der Waals surface area contributed by atoms with Crippen LogP contribution in [0.2, 0.25) is 0 Å². The van der Waals surface area contributed by atoms with Gasteiger partial charge in [0.05, 0.1) is 0 Å². The molecule has 6 heteroatoms. The fraction of sp³-hybridized carbons (Fsp3) is 0.333. The Balaban J connectivity index is 0.00000261. The van der Waals surface area contributed by atoms with Crippen LogP contribution >= 0.6 is 12.4 Å². The topological polar surface area (TPSA) is 66.6 Å². The number of likely N-dealkylation sites (N-methyl/N-ethyl adjacent to an activating group) is 1. The lowest BCUT2D eigenvalue weighted by Gasteiger charge is -2.39. The fourth-order valence-corrected chi connectivity index (χ4v) is 3.50. The van der Waals surface area contributed by atoms with Crippen molar-refractivity contribution in [2.24, 2.45) is 5.73 Å². The van der Waals surface area contributed by atoms with E-state index in [1.807, 2.05) is 60.7 Å². The molecule has 1 aliphatic rings. The zero-order chi connectivity index (χ0) is 18.7. The molecule has 0 aliphatic carbocycles. The van der Waals surface area contributed by atoms with E-state index in [1.165, 1.54) is 4.90 Å². The van der Waals surface area contributed by atoms with Gasteiger partial charge in [-0.15, -0.1) is 12.4 Å². The summed E-state index contributed by atoms with van der Waals surface area (Å²) >= 11 is 0. The van der Waals surface area contributed by atoms with Gasteiger partial charge in [0.25, 0.3) is 0 Å². The molecule has 27 heavy (non-hydrogen) atoms. The number of anilines is 1. The summed E-state index contributed by atoms with van der Waals surface area (Å²) in [6, 6.07) is 18.4. The molecular weight excluding hydrogens is 362 g/mol. The summed E-state index contributed by atoms with van der Waals surface area (Å²) in [4.78, 5) is 29.4. The van der Waals surface area contributed by atoms with Gasteiger partial charge >= 0.3 is 0 Å². The maximum Gasteiger partial charge on any atom is 0.249 e. The molecule has 0 spiro atoms. The largest absolute Gasteiger partial charge is 0.332 e. The Labute approximate surface area is 166 Å². The average molecular weight is 388 g/mol. The highest BCUT2D eigenvalue weighted by Crippen LogP contribution is 2.26. The Hall–Kier alpha value is -2.37. The lowest BCUT2D eigenvalue weighted by Crippen LogP contribution is -2.58. The normalized spacial score (nSPS) is 19.0. The number of piperidine rings is 1. The zero-order valence-electron chi connectivity index (χ0n) is 15.7. The third-order valence-electron chi connectivity index (χ3n) is 5.08. The number of rotatable bonds is 4. The van der Waals surface area contributed by atoms with Gasteiger partial charge in [-0.25, -0.2) is 0 Å². The molecule has 3 rings (SSSR count). The molecule has 0 aromatic heterocycles. The summed E-state index contributed by atoms with van der Waals surface area (Å²) in [5.41, 5.74) is 6.79. The Kier molecular flexibility index (Phi) is 6.63. The Morgan fingerprint density at radius 2 is 1.67 bits per heavy atom. The maximum absolute atomic E-state index is 13.1. The molecule has 2 aromatic carbocycles. The molecule has 5 nitrogen and oxygen atoms in total. The minimum atomic E-state index is -1.18. The van der Waals surface area contributed by atoms with Crippen molar-refractivity contribution in [3.05, 3.63) is 66.2 Å². The quantitative estimate of drug-likeness (QED) is 0.877. The van der Waals surface area contributed by atoms with E-state index < -0.39 is 11.6 Å². The van der Waals surface area contributed by atoms with Crippen molar-refractivity contribution in [3.63, 3.8) is 0 Å². The number of carbonyl (C=O) groups excluding carboxylic acids is 2. The van der Waals surface area contributed by atoms with E-state index in [4.69, 9.17) is 5.73 Å². The molecular formula is C21H26ClN3O2. The molecule has 1 heterocycles. The highest BCUT2D eigenvalue weighted by Gasteiger charge is 2.40. The highest BCUT2D eigenvalue weighted by molar-refractivity contribution is 6.01. The van der Waals surface area contributed by atoms with Crippen molar-refractivity contribution >= 4 is 29.9 Å². The summed E-state index contributed by atoms with van der Waals surface area (Å²) in [7, 11) is 1.67. The molecule has 1 saturated heterocycles. The number of para-hydroxylation sites is 1. The van der Waals surface area contributed by atoms with Crippen LogP contribution in [-0.2, 0) is 15.1 Å². The summed E-state index contributed by atoms with van der Waals surface area (Å²) in [6.45, 7) is 2.36. The minimum absolute atomic E-state index is 0. The minimum Gasteiger partial charge on any atom is -0.332 e. The molecule has 2 unspecified atom stereocenters. The van der Waals surface area contributed by atoms with Crippen LogP contribution in [0.15, 0.2) is 60.7 Å². The lowest BCUT2D eigenvalue weighted by molar-refractivity contribution is -0.143. The van der Waals surface area contributed by atoms with E-state index in [0.29, 0.717) is 13.0 Å². The van der Waals surface area contributed by atoms with Gasteiger partial charge in [0.15, 0.2) is 0 Å². The molecule has 2 aromatic rings. The van der Waals surface area contributed by atoms with Gasteiger partial charge in [0.1, 0.15) is 11.6 Å². The summed E-state index contributed by atoms with van der Waals surface area (Å²) < 4.78 is 0. The smallest absolute Gasteiger partial charge is 0.249 e. The molecule has 0 saturated carbocycles. The highest BCUT2D eigenvalue weighted by atomic mass is 35.5. The molecule has 0 bridgehead atoms. The predicted molar refractivity (Wildman–Crippen MR) is 110 cm³/mol. The van der Waals surface area contributed by atoms with E-state index in [2.05, 4.69) is 0 Å². The monoisotopic (exact) mass is 387 g/mol. The van der Waals surface area contributed by atoms with Crippen molar-refractivity contribution in [1.29, 1.82) is 0 Å².